The molecule has 3 N–H and O–H groups in total. The molecule has 1 aromatic heterocycles. The van der Waals surface area contributed by atoms with Crippen LogP contribution in [-0.4, -0.2) is 36.6 Å². The lowest BCUT2D eigenvalue weighted by molar-refractivity contribution is 0.101. The molecular weight excluding hydrogens is 434 g/mol. The van der Waals surface area contributed by atoms with Crippen molar-refractivity contribution >= 4 is 21.4 Å². The molecule has 1 heterocycles. The Hall–Kier alpha value is -2.90. The summed E-state index contributed by atoms with van der Waals surface area (Å²) in [5.74, 6) is 1.38. The summed E-state index contributed by atoms with van der Waals surface area (Å²) in [7, 11) is 1.64. The highest BCUT2D eigenvalue weighted by atomic mass is 32.1. The number of ether oxygens (including phenoxy) is 2. The fourth-order valence-corrected chi connectivity index (χ4v) is 4.95. The molecule has 6 heteroatoms. The van der Waals surface area contributed by atoms with Crippen molar-refractivity contribution in [1.29, 1.82) is 0 Å². The molecule has 0 aliphatic heterocycles. The zero-order valence-corrected chi connectivity index (χ0v) is 19.6. The third-order valence-corrected chi connectivity index (χ3v) is 6.66. The van der Waals surface area contributed by atoms with Gasteiger partial charge >= 0.3 is 0 Å². The predicted octanol–water partition coefficient (Wildman–Crippen LogP) is 5.16. The lowest BCUT2D eigenvalue weighted by atomic mass is 10.0. The van der Waals surface area contributed by atoms with E-state index in [9.17, 15) is 10.2 Å². The van der Waals surface area contributed by atoms with Gasteiger partial charge in [0.25, 0.3) is 0 Å². The number of aliphatic hydroxyl groups is 2. The first-order chi connectivity index (χ1) is 16.1. The maximum atomic E-state index is 11.1. The maximum absolute atomic E-state index is 11.1. The topological polar surface area (TPSA) is 71.0 Å². The van der Waals surface area contributed by atoms with Gasteiger partial charge in [0.15, 0.2) is 0 Å². The second-order valence-electron chi connectivity index (χ2n) is 7.83. The van der Waals surface area contributed by atoms with E-state index in [1.807, 2.05) is 61.5 Å². The highest BCUT2D eigenvalue weighted by molar-refractivity contribution is 7.17. The molecule has 2 atom stereocenters. The van der Waals surface area contributed by atoms with Crippen LogP contribution in [0.25, 0.3) is 21.2 Å². The van der Waals surface area contributed by atoms with E-state index in [0.29, 0.717) is 24.3 Å². The van der Waals surface area contributed by atoms with Crippen LogP contribution in [0.15, 0.2) is 72.1 Å². The molecule has 4 aromatic rings. The van der Waals surface area contributed by atoms with Crippen molar-refractivity contribution in [3.8, 4) is 22.6 Å². The molecule has 33 heavy (non-hydrogen) atoms. The Morgan fingerprint density at radius 2 is 1.82 bits per heavy atom. The number of thiophene rings is 1. The number of fused-ring (bicyclic) bond motifs is 1. The van der Waals surface area contributed by atoms with Crippen LogP contribution in [0.1, 0.15) is 24.3 Å². The molecule has 0 amide bonds. The Kier molecular flexibility index (Phi) is 7.62. The molecule has 0 aliphatic carbocycles. The Labute approximate surface area is 198 Å². The number of nitrogens with one attached hydrogen (secondary N) is 1. The van der Waals surface area contributed by atoms with Crippen molar-refractivity contribution in [3.63, 3.8) is 0 Å². The van der Waals surface area contributed by atoms with Crippen molar-refractivity contribution in [3.05, 3.63) is 83.2 Å². The number of hydrogen-bond donors (Lipinski definition) is 3. The van der Waals surface area contributed by atoms with Crippen LogP contribution in [-0.2, 0) is 6.42 Å². The molecule has 5 nitrogen and oxygen atoms in total. The first-order valence-electron chi connectivity index (χ1n) is 11.0. The first kappa shape index (κ1) is 23.3. The van der Waals surface area contributed by atoms with Crippen LogP contribution in [0.5, 0.6) is 11.5 Å². The smallest absolute Gasteiger partial charge is 0.135 e. The molecule has 1 unspecified atom stereocenters. The molecule has 0 saturated heterocycles. The number of methoxy groups -OCH3 is 1. The highest BCUT2D eigenvalue weighted by Crippen LogP contribution is 2.32. The molecule has 172 valence electrons. The lowest BCUT2D eigenvalue weighted by Gasteiger charge is -2.23. The zero-order valence-electron chi connectivity index (χ0n) is 18.8. The van der Waals surface area contributed by atoms with Crippen molar-refractivity contribution in [2.24, 2.45) is 0 Å². The van der Waals surface area contributed by atoms with Crippen LogP contribution < -0.4 is 14.8 Å². The van der Waals surface area contributed by atoms with Gasteiger partial charge in [0.1, 0.15) is 17.7 Å². The normalized spacial score (nSPS) is 13.1. The van der Waals surface area contributed by atoms with Gasteiger partial charge < -0.3 is 19.7 Å². The standard InChI is InChI=1S/C27H29NO4S/c1-3-32-25-12-11-19(18-7-6-8-22(14-18)31-2)15-24(25)27(30)28-21(16-29)13-20-17-33-26-10-5-4-9-23(20)26/h4-12,14-15,17,21,27-30H,3,13,16H2,1-2H3/t21-,27?/m1/s1. The average Bonchev–Trinajstić information content (AvgIpc) is 3.26. The molecule has 0 fully saturated rings. The van der Waals surface area contributed by atoms with Crippen LogP contribution in [0, 0.1) is 0 Å². The summed E-state index contributed by atoms with van der Waals surface area (Å²) >= 11 is 1.69. The number of rotatable bonds is 10. The van der Waals surface area contributed by atoms with E-state index in [0.717, 1.165) is 22.4 Å². The van der Waals surface area contributed by atoms with Gasteiger partial charge in [-0.25, -0.2) is 0 Å². The van der Waals surface area contributed by atoms with E-state index in [4.69, 9.17) is 9.47 Å². The van der Waals surface area contributed by atoms with Gasteiger partial charge in [0, 0.05) is 16.3 Å². The predicted molar refractivity (Wildman–Crippen MR) is 134 cm³/mol. The second kappa shape index (κ2) is 10.8. The maximum Gasteiger partial charge on any atom is 0.135 e. The van der Waals surface area contributed by atoms with Crippen LogP contribution >= 0.6 is 11.3 Å². The van der Waals surface area contributed by atoms with Crippen LogP contribution in [0.3, 0.4) is 0 Å². The molecule has 0 spiro atoms. The fourth-order valence-electron chi connectivity index (χ4n) is 3.98. The van der Waals surface area contributed by atoms with Gasteiger partial charge in [0.2, 0.25) is 0 Å². The van der Waals surface area contributed by atoms with Crippen LogP contribution in [0.2, 0.25) is 0 Å². The number of aliphatic hydroxyl groups excluding tert-OH is 2. The largest absolute Gasteiger partial charge is 0.497 e. The van der Waals surface area contributed by atoms with Gasteiger partial charge in [-0.05, 0) is 71.1 Å². The van der Waals surface area contributed by atoms with Gasteiger partial charge in [0.05, 0.1) is 20.3 Å². The highest BCUT2D eigenvalue weighted by Gasteiger charge is 2.20. The Morgan fingerprint density at radius 1 is 1.00 bits per heavy atom. The van der Waals surface area contributed by atoms with E-state index in [-0.39, 0.29) is 12.6 Å². The van der Waals surface area contributed by atoms with Gasteiger partial charge in [-0.2, -0.15) is 0 Å². The summed E-state index contributed by atoms with van der Waals surface area (Å²) in [5.41, 5.74) is 3.71. The third kappa shape index (κ3) is 5.37. The summed E-state index contributed by atoms with van der Waals surface area (Å²) in [6.07, 6.45) is -0.393. The minimum atomic E-state index is -1.00. The number of benzene rings is 3. The van der Waals surface area contributed by atoms with E-state index < -0.39 is 6.23 Å². The average molecular weight is 464 g/mol. The third-order valence-electron chi connectivity index (χ3n) is 5.65. The second-order valence-corrected chi connectivity index (χ2v) is 8.74. The molecule has 3 aromatic carbocycles. The molecule has 0 bridgehead atoms. The van der Waals surface area contributed by atoms with Gasteiger partial charge in [-0.3, -0.25) is 5.32 Å². The summed E-state index contributed by atoms with van der Waals surface area (Å²) in [5, 5.41) is 27.7. The monoisotopic (exact) mass is 463 g/mol. The van der Waals surface area contributed by atoms with E-state index in [2.05, 4.69) is 22.8 Å². The van der Waals surface area contributed by atoms with Crippen molar-refractivity contribution in [2.75, 3.05) is 20.3 Å². The van der Waals surface area contributed by atoms with Crippen molar-refractivity contribution in [2.45, 2.75) is 25.6 Å². The number of hydrogen-bond acceptors (Lipinski definition) is 6. The molecule has 0 radical (unpaired) electrons. The van der Waals surface area contributed by atoms with E-state index >= 15 is 0 Å². The van der Waals surface area contributed by atoms with E-state index in [1.54, 1.807) is 18.4 Å². The van der Waals surface area contributed by atoms with Crippen LogP contribution in [0.4, 0.5) is 0 Å². The Morgan fingerprint density at radius 3 is 2.61 bits per heavy atom. The summed E-state index contributed by atoms with van der Waals surface area (Å²) in [6.45, 7) is 2.31. The summed E-state index contributed by atoms with van der Waals surface area (Å²) in [6, 6.07) is 21.5. The Balaban J connectivity index is 1.58. The van der Waals surface area contributed by atoms with E-state index in [1.165, 1.54) is 10.1 Å². The summed E-state index contributed by atoms with van der Waals surface area (Å²) < 4.78 is 12.4. The fraction of sp³-hybridized carbons (Fsp3) is 0.259. The molecule has 0 saturated carbocycles. The molecule has 4 rings (SSSR count). The van der Waals surface area contributed by atoms with Crippen molar-refractivity contribution < 1.29 is 19.7 Å². The lowest BCUT2D eigenvalue weighted by Crippen LogP contribution is -2.37. The Bertz CT molecular complexity index is 1210. The quantitative estimate of drug-likeness (QED) is 0.284. The summed E-state index contributed by atoms with van der Waals surface area (Å²) in [4.78, 5) is 0. The molecular formula is C27H29NO4S. The van der Waals surface area contributed by atoms with Gasteiger partial charge in [-0.1, -0.05) is 36.4 Å². The minimum absolute atomic E-state index is 0.0965. The van der Waals surface area contributed by atoms with Gasteiger partial charge in [-0.15, -0.1) is 11.3 Å². The molecule has 0 aliphatic rings. The zero-order chi connectivity index (χ0) is 23.2. The SMILES string of the molecule is CCOc1ccc(-c2cccc(OC)c2)cc1C(O)N[C@@H](CO)Cc1csc2ccccc12. The van der Waals surface area contributed by atoms with Crippen molar-refractivity contribution in [1.82, 2.24) is 5.32 Å². The first-order valence-corrected chi connectivity index (χ1v) is 11.9. The minimum Gasteiger partial charge on any atom is -0.497 e.